The van der Waals surface area contributed by atoms with Crippen LogP contribution in [0.15, 0.2) is 30.3 Å². The largest absolute Gasteiger partial charge is 0.368 e. The first kappa shape index (κ1) is 17.7. The van der Waals surface area contributed by atoms with Gasteiger partial charge in [0.2, 0.25) is 5.91 Å². The van der Waals surface area contributed by atoms with E-state index in [0.717, 1.165) is 19.5 Å². The van der Waals surface area contributed by atoms with Crippen LogP contribution >= 0.6 is 0 Å². The van der Waals surface area contributed by atoms with Crippen LogP contribution in [0.5, 0.6) is 0 Å². The van der Waals surface area contributed by atoms with E-state index in [4.69, 9.17) is 5.73 Å². The number of hydrogen-bond acceptors (Lipinski definition) is 3. The number of hydrogen-bond donors (Lipinski definition) is 2. The van der Waals surface area contributed by atoms with Crippen molar-refractivity contribution in [2.24, 2.45) is 5.73 Å². The van der Waals surface area contributed by atoms with Crippen LogP contribution in [0.2, 0.25) is 0 Å². The van der Waals surface area contributed by atoms with Crippen LogP contribution in [-0.4, -0.2) is 42.5 Å². The van der Waals surface area contributed by atoms with E-state index >= 15 is 0 Å². The molecule has 1 rings (SSSR count). The molecule has 0 saturated carbocycles. The first-order valence-corrected chi connectivity index (χ1v) is 7.68. The summed E-state index contributed by atoms with van der Waals surface area (Å²) in [6, 6.07) is 10.7. The molecule has 0 fully saturated rings. The Labute approximate surface area is 128 Å². The van der Waals surface area contributed by atoms with Gasteiger partial charge in [-0.3, -0.25) is 4.79 Å². The maximum absolute atomic E-state index is 11.7. The summed E-state index contributed by atoms with van der Waals surface area (Å²) in [5.74, 6) is -0.285. The smallest absolute Gasteiger partial charge is 0.237 e. The molecule has 2 unspecified atom stereocenters. The second-order valence-corrected chi connectivity index (χ2v) is 6.00. The molecule has 21 heavy (non-hydrogen) atoms. The molecule has 0 heterocycles. The second-order valence-electron chi connectivity index (χ2n) is 6.00. The standard InChI is InChI=1S/C17H29N3O/c1-5-19-17(3,16(18)21)13-14(2)20(4)12-11-15-9-7-6-8-10-15/h6-10,14,19H,5,11-13H2,1-4H3,(H2,18,21). The highest BCUT2D eigenvalue weighted by atomic mass is 16.1. The number of carbonyl (C=O) groups is 1. The molecule has 0 aliphatic carbocycles. The van der Waals surface area contributed by atoms with Gasteiger partial charge in [0, 0.05) is 12.6 Å². The quantitative estimate of drug-likeness (QED) is 0.729. The predicted molar refractivity (Wildman–Crippen MR) is 88.1 cm³/mol. The lowest BCUT2D eigenvalue weighted by atomic mass is 9.92. The molecule has 118 valence electrons. The fourth-order valence-electron chi connectivity index (χ4n) is 2.57. The molecule has 0 spiro atoms. The van der Waals surface area contributed by atoms with Gasteiger partial charge in [-0.15, -0.1) is 0 Å². The van der Waals surface area contributed by atoms with Gasteiger partial charge in [0.15, 0.2) is 0 Å². The van der Waals surface area contributed by atoms with E-state index in [1.807, 2.05) is 19.9 Å². The molecular weight excluding hydrogens is 262 g/mol. The van der Waals surface area contributed by atoms with Gasteiger partial charge in [0.05, 0.1) is 5.54 Å². The van der Waals surface area contributed by atoms with E-state index in [2.05, 4.69) is 48.5 Å². The average molecular weight is 291 g/mol. The fraction of sp³-hybridized carbons (Fsp3) is 0.588. The van der Waals surface area contributed by atoms with Crippen molar-refractivity contribution in [2.45, 2.75) is 45.2 Å². The van der Waals surface area contributed by atoms with E-state index in [1.54, 1.807) is 0 Å². The van der Waals surface area contributed by atoms with Crippen molar-refractivity contribution in [1.82, 2.24) is 10.2 Å². The minimum Gasteiger partial charge on any atom is -0.368 e. The van der Waals surface area contributed by atoms with Gasteiger partial charge in [-0.05, 0) is 45.8 Å². The number of primary amides is 1. The lowest BCUT2D eigenvalue weighted by Gasteiger charge is -2.34. The van der Waals surface area contributed by atoms with Crippen molar-refractivity contribution in [3.63, 3.8) is 0 Å². The molecule has 0 saturated heterocycles. The molecule has 0 aliphatic rings. The average Bonchev–Trinajstić information content (AvgIpc) is 2.45. The molecule has 0 radical (unpaired) electrons. The zero-order valence-corrected chi connectivity index (χ0v) is 13.7. The molecule has 2 atom stereocenters. The predicted octanol–water partition coefficient (Wildman–Crippen LogP) is 1.79. The third kappa shape index (κ3) is 5.48. The Kier molecular flexibility index (Phi) is 6.85. The first-order valence-electron chi connectivity index (χ1n) is 7.68. The summed E-state index contributed by atoms with van der Waals surface area (Å²) in [5, 5.41) is 3.22. The fourth-order valence-corrected chi connectivity index (χ4v) is 2.57. The van der Waals surface area contributed by atoms with Gasteiger partial charge < -0.3 is 16.0 Å². The molecule has 4 heteroatoms. The van der Waals surface area contributed by atoms with E-state index < -0.39 is 5.54 Å². The molecule has 0 bridgehead atoms. The summed E-state index contributed by atoms with van der Waals surface area (Å²) >= 11 is 0. The highest BCUT2D eigenvalue weighted by Crippen LogP contribution is 2.16. The van der Waals surface area contributed by atoms with Crippen LogP contribution in [0.3, 0.4) is 0 Å². The van der Waals surface area contributed by atoms with Gasteiger partial charge >= 0.3 is 0 Å². The number of likely N-dealkylation sites (N-methyl/N-ethyl adjacent to an activating group) is 2. The van der Waals surface area contributed by atoms with Crippen molar-refractivity contribution < 1.29 is 4.79 Å². The van der Waals surface area contributed by atoms with Crippen LogP contribution < -0.4 is 11.1 Å². The summed E-state index contributed by atoms with van der Waals surface area (Å²) in [4.78, 5) is 14.0. The van der Waals surface area contributed by atoms with Crippen LogP contribution in [0, 0.1) is 0 Å². The first-order chi connectivity index (χ1) is 9.89. The lowest BCUT2D eigenvalue weighted by Crippen LogP contribution is -2.56. The van der Waals surface area contributed by atoms with Crippen molar-refractivity contribution >= 4 is 5.91 Å². The number of amides is 1. The zero-order chi connectivity index (χ0) is 15.9. The number of nitrogens with zero attached hydrogens (tertiary/aromatic N) is 1. The zero-order valence-electron chi connectivity index (χ0n) is 13.7. The SMILES string of the molecule is CCNC(C)(CC(C)N(C)CCc1ccccc1)C(N)=O. The third-order valence-corrected chi connectivity index (χ3v) is 4.16. The number of nitrogens with two attached hydrogens (primary N) is 1. The molecule has 1 aromatic rings. The van der Waals surface area contributed by atoms with Crippen molar-refractivity contribution in [3.05, 3.63) is 35.9 Å². The number of carbonyl (C=O) groups excluding carboxylic acids is 1. The van der Waals surface area contributed by atoms with E-state index in [-0.39, 0.29) is 11.9 Å². The van der Waals surface area contributed by atoms with Crippen LogP contribution in [0.1, 0.15) is 32.8 Å². The number of nitrogens with one attached hydrogen (secondary N) is 1. The second kappa shape index (κ2) is 8.15. The third-order valence-electron chi connectivity index (χ3n) is 4.16. The topological polar surface area (TPSA) is 58.4 Å². The molecule has 3 N–H and O–H groups in total. The van der Waals surface area contributed by atoms with Crippen LogP contribution in [-0.2, 0) is 11.2 Å². The van der Waals surface area contributed by atoms with Gasteiger partial charge in [0.1, 0.15) is 0 Å². The summed E-state index contributed by atoms with van der Waals surface area (Å²) in [6.07, 6.45) is 1.72. The Morgan fingerprint density at radius 3 is 2.52 bits per heavy atom. The molecule has 1 amide bonds. The Hall–Kier alpha value is -1.39. The maximum Gasteiger partial charge on any atom is 0.237 e. The van der Waals surface area contributed by atoms with E-state index in [0.29, 0.717) is 6.42 Å². The monoisotopic (exact) mass is 291 g/mol. The van der Waals surface area contributed by atoms with Gasteiger partial charge in [-0.2, -0.15) is 0 Å². The summed E-state index contributed by atoms with van der Waals surface area (Å²) in [5.41, 5.74) is 6.24. The molecule has 0 aromatic heterocycles. The minimum atomic E-state index is -0.644. The summed E-state index contributed by atoms with van der Waals surface area (Å²) in [7, 11) is 2.10. The Bertz CT molecular complexity index is 435. The normalized spacial score (nSPS) is 15.7. The Morgan fingerprint density at radius 1 is 1.38 bits per heavy atom. The van der Waals surface area contributed by atoms with Crippen LogP contribution in [0.4, 0.5) is 0 Å². The Morgan fingerprint density at radius 2 is 2.00 bits per heavy atom. The molecule has 0 aliphatic heterocycles. The highest BCUT2D eigenvalue weighted by Gasteiger charge is 2.32. The van der Waals surface area contributed by atoms with E-state index in [9.17, 15) is 4.79 Å². The van der Waals surface area contributed by atoms with Crippen molar-refractivity contribution in [2.75, 3.05) is 20.1 Å². The number of rotatable bonds is 9. The Balaban J connectivity index is 2.53. The highest BCUT2D eigenvalue weighted by molar-refractivity contribution is 5.84. The maximum atomic E-state index is 11.7. The van der Waals surface area contributed by atoms with Crippen molar-refractivity contribution in [3.8, 4) is 0 Å². The van der Waals surface area contributed by atoms with Gasteiger partial charge in [-0.1, -0.05) is 37.3 Å². The minimum absolute atomic E-state index is 0.283. The molecular formula is C17H29N3O. The summed E-state index contributed by atoms with van der Waals surface area (Å²) < 4.78 is 0. The molecule has 1 aromatic carbocycles. The number of benzene rings is 1. The lowest BCUT2D eigenvalue weighted by molar-refractivity contribution is -0.124. The van der Waals surface area contributed by atoms with E-state index in [1.165, 1.54) is 5.56 Å². The van der Waals surface area contributed by atoms with Gasteiger partial charge in [0.25, 0.3) is 0 Å². The summed E-state index contributed by atoms with van der Waals surface area (Å²) in [6.45, 7) is 7.72. The van der Waals surface area contributed by atoms with Gasteiger partial charge in [-0.25, -0.2) is 0 Å². The van der Waals surface area contributed by atoms with Crippen molar-refractivity contribution in [1.29, 1.82) is 0 Å². The molecule has 4 nitrogen and oxygen atoms in total. The van der Waals surface area contributed by atoms with Crippen LogP contribution in [0.25, 0.3) is 0 Å².